The van der Waals surface area contributed by atoms with Crippen LogP contribution in [0.2, 0.25) is 5.02 Å². The number of anilines is 1. The summed E-state index contributed by atoms with van der Waals surface area (Å²) in [5.74, 6) is 0.0899. The molecular formula is C18H22ClN3OS. The highest BCUT2D eigenvalue weighted by atomic mass is 35.5. The van der Waals surface area contributed by atoms with Crippen LogP contribution in [-0.4, -0.2) is 43.5 Å². The molecule has 1 aromatic heterocycles. The lowest BCUT2D eigenvalue weighted by Crippen LogP contribution is -2.49. The van der Waals surface area contributed by atoms with E-state index in [1.54, 1.807) is 11.3 Å². The number of benzene rings is 1. The normalized spacial score (nSPS) is 16.8. The minimum atomic E-state index is 0.0743. The smallest absolute Gasteiger partial charge is 0.234 e. The van der Waals surface area contributed by atoms with Crippen molar-refractivity contribution < 1.29 is 4.79 Å². The van der Waals surface area contributed by atoms with E-state index >= 15 is 0 Å². The Hall–Kier alpha value is -1.56. The summed E-state index contributed by atoms with van der Waals surface area (Å²) < 4.78 is 0. The Morgan fingerprint density at radius 3 is 2.71 bits per heavy atom. The van der Waals surface area contributed by atoms with Crippen LogP contribution in [0.4, 0.5) is 5.69 Å². The first-order valence-electron chi connectivity index (χ1n) is 8.17. The summed E-state index contributed by atoms with van der Waals surface area (Å²) in [6.07, 6.45) is 0. The van der Waals surface area contributed by atoms with Crippen molar-refractivity contribution in [3.05, 3.63) is 51.7 Å². The predicted molar refractivity (Wildman–Crippen MR) is 101 cm³/mol. The molecule has 1 fully saturated rings. The number of nitrogens with zero attached hydrogens (tertiary/aromatic N) is 2. The molecule has 1 saturated heterocycles. The molecule has 1 aromatic carbocycles. The maximum atomic E-state index is 12.2. The number of thiophene rings is 1. The van der Waals surface area contributed by atoms with E-state index in [1.165, 1.54) is 4.88 Å². The van der Waals surface area contributed by atoms with E-state index in [4.69, 9.17) is 11.6 Å². The van der Waals surface area contributed by atoms with E-state index in [1.807, 2.05) is 36.6 Å². The molecule has 128 valence electrons. The van der Waals surface area contributed by atoms with Crippen molar-refractivity contribution in [2.75, 3.05) is 37.6 Å². The Balaban J connectivity index is 1.46. The molecule has 1 aliphatic heterocycles. The van der Waals surface area contributed by atoms with Crippen LogP contribution in [0, 0.1) is 0 Å². The number of hydrogen-bond acceptors (Lipinski definition) is 4. The largest absolute Gasteiger partial charge is 0.369 e. The number of hydrogen-bond donors (Lipinski definition) is 1. The third-order valence-electron chi connectivity index (χ3n) is 4.26. The average Bonchev–Trinajstić information content (AvgIpc) is 3.10. The minimum absolute atomic E-state index is 0.0743. The van der Waals surface area contributed by atoms with E-state index < -0.39 is 0 Å². The zero-order valence-corrected chi connectivity index (χ0v) is 15.3. The van der Waals surface area contributed by atoms with Gasteiger partial charge in [-0.1, -0.05) is 23.7 Å². The lowest BCUT2D eigenvalue weighted by atomic mass is 10.2. The van der Waals surface area contributed by atoms with Crippen molar-refractivity contribution in [3.63, 3.8) is 0 Å². The fourth-order valence-corrected chi connectivity index (χ4v) is 3.85. The number of halogens is 1. The first kappa shape index (κ1) is 17.3. The van der Waals surface area contributed by atoms with Crippen LogP contribution in [-0.2, 0) is 4.79 Å². The second kappa shape index (κ2) is 8.01. The van der Waals surface area contributed by atoms with Gasteiger partial charge in [-0.3, -0.25) is 9.69 Å². The fraction of sp³-hybridized carbons (Fsp3) is 0.389. The van der Waals surface area contributed by atoms with Crippen LogP contribution in [0.3, 0.4) is 0 Å². The van der Waals surface area contributed by atoms with Gasteiger partial charge >= 0.3 is 0 Å². The van der Waals surface area contributed by atoms with Crippen molar-refractivity contribution in [1.82, 2.24) is 10.2 Å². The molecule has 2 heterocycles. The van der Waals surface area contributed by atoms with Crippen molar-refractivity contribution in [1.29, 1.82) is 0 Å². The number of nitrogens with one attached hydrogen (secondary N) is 1. The van der Waals surface area contributed by atoms with Crippen LogP contribution >= 0.6 is 22.9 Å². The molecule has 3 rings (SSSR count). The Kier molecular flexibility index (Phi) is 5.76. The summed E-state index contributed by atoms with van der Waals surface area (Å²) >= 11 is 7.74. The van der Waals surface area contributed by atoms with Crippen LogP contribution in [0.1, 0.15) is 17.8 Å². The summed E-state index contributed by atoms with van der Waals surface area (Å²) in [5.41, 5.74) is 1.15. The summed E-state index contributed by atoms with van der Waals surface area (Å²) in [6.45, 7) is 6.07. The molecule has 0 spiro atoms. The Bertz CT molecular complexity index is 669. The zero-order valence-electron chi connectivity index (χ0n) is 13.7. The zero-order chi connectivity index (χ0) is 16.9. The van der Waals surface area contributed by atoms with Gasteiger partial charge in [0.2, 0.25) is 5.91 Å². The molecule has 2 aromatic rings. The second-order valence-electron chi connectivity index (χ2n) is 6.05. The van der Waals surface area contributed by atoms with Gasteiger partial charge < -0.3 is 10.2 Å². The fourth-order valence-electron chi connectivity index (χ4n) is 2.94. The maximum absolute atomic E-state index is 12.2. The molecule has 1 aliphatic rings. The second-order valence-corrected chi connectivity index (χ2v) is 7.46. The van der Waals surface area contributed by atoms with E-state index in [-0.39, 0.29) is 11.9 Å². The van der Waals surface area contributed by atoms with Gasteiger partial charge in [0, 0.05) is 41.8 Å². The summed E-state index contributed by atoms with van der Waals surface area (Å²) in [4.78, 5) is 17.9. The molecule has 24 heavy (non-hydrogen) atoms. The van der Waals surface area contributed by atoms with Crippen LogP contribution < -0.4 is 10.2 Å². The molecule has 1 atom stereocenters. The Morgan fingerprint density at radius 2 is 2.04 bits per heavy atom. The molecule has 0 saturated carbocycles. The minimum Gasteiger partial charge on any atom is -0.369 e. The first-order chi connectivity index (χ1) is 11.6. The van der Waals surface area contributed by atoms with Gasteiger partial charge in [0.25, 0.3) is 0 Å². The van der Waals surface area contributed by atoms with Gasteiger partial charge in [0.15, 0.2) is 0 Å². The van der Waals surface area contributed by atoms with Crippen LogP contribution in [0.15, 0.2) is 41.8 Å². The number of rotatable bonds is 5. The van der Waals surface area contributed by atoms with Gasteiger partial charge in [-0.05, 0) is 36.6 Å². The summed E-state index contributed by atoms with van der Waals surface area (Å²) in [7, 11) is 0. The highest BCUT2D eigenvalue weighted by Gasteiger charge is 2.20. The number of piperazine rings is 1. The standard InChI is InChI=1S/C18H22ClN3OS/c1-14(17-6-3-11-24-17)20-18(23)13-21-7-9-22(10-8-21)16-5-2-4-15(19)12-16/h2-6,11-12,14H,7-10,13H2,1H3,(H,20,23). The topological polar surface area (TPSA) is 35.6 Å². The number of carbonyl (C=O) groups excluding carboxylic acids is 1. The van der Waals surface area contributed by atoms with Crippen molar-refractivity contribution in [3.8, 4) is 0 Å². The maximum Gasteiger partial charge on any atom is 0.234 e. The third kappa shape index (κ3) is 4.50. The molecule has 0 radical (unpaired) electrons. The molecule has 6 heteroatoms. The highest BCUT2D eigenvalue weighted by Crippen LogP contribution is 2.21. The lowest BCUT2D eigenvalue weighted by molar-refractivity contribution is -0.122. The van der Waals surface area contributed by atoms with Crippen LogP contribution in [0.5, 0.6) is 0 Å². The average molecular weight is 364 g/mol. The molecule has 1 unspecified atom stereocenters. The lowest BCUT2D eigenvalue weighted by Gasteiger charge is -2.35. The number of carbonyl (C=O) groups is 1. The van der Waals surface area contributed by atoms with Gasteiger partial charge in [0.1, 0.15) is 0 Å². The molecular weight excluding hydrogens is 342 g/mol. The summed E-state index contributed by atoms with van der Waals surface area (Å²) in [5, 5.41) is 5.87. The SMILES string of the molecule is CC(NC(=O)CN1CCN(c2cccc(Cl)c2)CC1)c1cccs1. The van der Waals surface area contributed by atoms with Gasteiger partial charge in [-0.15, -0.1) is 11.3 Å². The molecule has 0 aliphatic carbocycles. The van der Waals surface area contributed by atoms with Crippen molar-refractivity contribution in [2.24, 2.45) is 0 Å². The monoisotopic (exact) mass is 363 g/mol. The quantitative estimate of drug-likeness (QED) is 0.884. The van der Waals surface area contributed by atoms with Crippen molar-refractivity contribution >= 4 is 34.5 Å². The van der Waals surface area contributed by atoms with Gasteiger partial charge in [-0.2, -0.15) is 0 Å². The third-order valence-corrected chi connectivity index (χ3v) is 5.55. The van der Waals surface area contributed by atoms with Crippen molar-refractivity contribution in [2.45, 2.75) is 13.0 Å². The number of amides is 1. The molecule has 1 amide bonds. The van der Waals surface area contributed by atoms with E-state index in [2.05, 4.69) is 27.2 Å². The predicted octanol–water partition coefficient (Wildman–Crippen LogP) is 3.40. The van der Waals surface area contributed by atoms with E-state index in [0.29, 0.717) is 6.54 Å². The Labute approximate surface area is 152 Å². The van der Waals surface area contributed by atoms with E-state index in [9.17, 15) is 4.79 Å². The molecule has 1 N–H and O–H groups in total. The highest BCUT2D eigenvalue weighted by molar-refractivity contribution is 7.10. The van der Waals surface area contributed by atoms with E-state index in [0.717, 1.165) is 36.9 Å². The molecule has 0 bridgehead atoms. The van der Waals surface area contributed by atoms with Gasteiger partial charge in [-0.25, -0.2) is 0 Å². The van der Waals surface area contributed by atoms with Crippen LogP contribution in [0.25, 0.3) is 0 Å². The first-order valence-corrected chi connectivity index (χ1v) is 9.43. The van der Waals surface area contributed by atoms with Gasteiger partial charge in [0.05, 0.1) is 12.6 Å². The Morgan fingerprint density at radius 1 is 1.25 bits per heavy atom. The summed E-state index contributed by atoms with van der Waals surface area (Å²) in [6, 6.07) is 12.1. The molecule has 4 nitrogen and oxygen atoms in total.